The molecule has 1 atom stereocenters. The van der Waals surface area contributed by atoms with Crippen molar-refractivity contribution in [2.45, 2.75) is 195 Å². The molecule has 0 spiro atoms. The zero-order valence-corrected chi connectivity index (χ0v) is 36.4. The first-order valence-corrected chi connectivity index (χ1v) is 17.7. The Morgan fingerprint density at radius 2 is 1.10 bits per heavy atom. The summed E-state index contributed by atoms with van der Waals surface area (Å²) >= 11 is 0. The molecule has 2 aliphatic heterocycles. The van der Waals surface area contributed by atoms with E-state index in [1.54, 1.807) is 13.2 Å². The Kier molecular flexibility index (Phi) is 21.9. The van der Waals surface area contributed by atoms with Crippen LogP contribution in [-0.4, -0.2) is 48.7 Å². The van der Waals surface area contributed by atoms with Crippen LogP contribution in [0.4, 0.5) is 0 Å². The Bertz CT molecular complexity index is 1000. The highest BCUT2D eigenvalue weighted by Gasteiger charge is 2.37. The number of rotatable bonds is 4. The highest BCUT2D eigenvalue weighted by atomic mass is 16.6. The van der Waals surface area contributed by atoms with Gasteiger partial charge in [-0.05, 0) is 146 Å². The van der Waals surface area contributed by atoms with Gasteiger partial charge in [-0.2, -0.15) is 0 Å². The highest BCUT2D eigenvalue weighted by Crippen LogP contribution is 2.38. The van der Waals surface area contributed by atoms with Crippen LogP contribution in [0, 0.1) is 16.2 Å². The molecule has 0 aromatic rings. The van der Waals surface area contributed by atoms with Crippen LogP contribution in [0.5, 0.6) is 0 Å². The maximum atomic E-state index is 11.3. The lowest BCUT2D eigenvalue weighted by Crippen LogP contribution is -2.42. The van der Waals surface area contributed by atoms with Crippen molar-refractivity contribution in [3.63, 3.8) is 0 Å². The van der Waals surface area contributed by atoms with Gasteiger partial charge in [-0.3, -0.25) is 0 Å². The summed E-state index contributed by atoms with van der Waals surface area (Å²) in [7, 11) is 0. The molecule has 2 rings (SSSR count). The van der Waals surface area contributed by atoms with Crippen LogP contribution in [0.2, 0.25) is 0 Å². The van der Waals surface area contributed by atoms with Crippen molar-refractivity contribution >= 4 is 5.97 Å². The molecule has 48 heavy (non-hydrogen) atoms. The van der Waals surface area contributed by atoms with Gasteiger partial charge in [-0.25, -0.2) is 4.79 Å². The minimum Gasteiger partial charge on any atom is -0.496 e. The number of ether oxygens (including phenoxy) is 5. The zero-order valence-electron chi connectivity index (χ0n) is 36.4. The lowest BCUT2D eigenvalue weighted by Gasteiger charge is -2.42. The molecule has 1 unspecified atom stereocenters. The number of esters is 1. The second-order valence-corrected chi connectivity index (χ2v) is 19.6. The summed E-state index contributed by atoms with van der Waals surface area (Å²) in [5.74, 6) is 0.815. The standard InChI is InChI=1S/C10H18O2.2C9H18O.C8H16O.C6H12O/c1-7(2)8(3)9(11)12-10(4,5)6;1-8(2,3)5-9(4)6-10-7-9;1-7(2)8(3)10-9(4,5)6;1-7(2)6-9-8(3,4)5;1-6(2,3)5-4-7-5/h1-6H3;5-7H2,1-4H3;1-6H3;6H,1-5H3;5H,4H2,1-3H3. The second kappa shape index (κ2) is 20.8. The van der Waals surface area contributed by atoms with E-state index in [1.165, 1.54) is 17.6 Å². The number of hydrogen-bond donors (Lipinski definition) is 0. The number of carbonyl (C=O) groups excluding carboxylic acids is 1. The third kappa shape index (κ3) is 34.1. The smallest absolute Gasteiger partial charge is 0.334 e. The fourth-order valence-corrected chi connectivity index (χ4v) is 3.80. The molecule has 2 heterocycles. The third-order valence-corrected chi connectivity index (χ3v) is 6.42. The van der Waals surface area contributed by atoms with Crippen molar-refractivity contribution < 1.29 is 28.5 Å². The monoisotopic (exact) mass is 683 g/mol. The zero-order chi connectivity index (χ0) is 39.1. The molecule has 0 N–H and O–H groups in total. The SMILES string of the molecule is CC(C)(C)C1CO1.CC(C)(C)CC1(C)COC1.CC(C)=C(C)C(=O)OC(C)(C)C.CC(C)=C(C)OC(C)(C)C.CC(C)=COC(C)(C)C. The predicted octanol–water partition coefficient (Wildman–Crippen LogP) is 12.4. The molecule has 0 saturated carbocycles. The van der Waals surface area contributed by atoms with Gasteiger partial charge < -0.3 is 23.7 Å². The number of carbonyl (C=O) groups is 1. The van der Waals surface area contributed by atoms with Gasteiger partial charge in [0.1, 0.15) is 11.2 Å². The van der Waals surface area contributed by atoms with Crippen molar-refractivity contribution in [1.29, 1.82) is 0 Å². The van der Waals surface area contributed by atoms with Crippen LogP contribution in [0.15, 0.2) is 34.3 Å². The molecule has 2 aliphatic rings. The molecule has 0 aromatic carbocycles. The molecule has 0 radical (unpaired) electrons. The summed E-state index contributed by atoms with van der Waals surface area (Å²) in [6, 6.07) is 0. The van der Waals surface area contributed by atoms with Crippen molar-refractivity contribution in [2.75, 3.05) is 19.8 Å². The largest absolute Gasteiger partial charge is 0.496 e. The van der Waals surface area contributed by atoms with Gasteiger partial charge in [0, 0.05) is 11.0 Å². The first-order chi connectivity index (χ1) is 21.0. The van der Waals surface area contributed by atoms with Crippen LogP contribution < -0.4 is 0 Å². The molecular weight excluding hydrogens is 600 g/mol. The van der Waals surface area contributed by atoms with Gasteiger partial charge in [0.2, 0.25) is 0 Å². The van der Waals surface area contributed by atoms with E-state index in [-0.39, 0.29) is 17.2 Å². The van der Waals surface area contributed by atoms with Crippen LogP contribution >= 0.6 is 0 Å². The Balaban J connectivity index is -0.000000532. The van der Waals surface area contributed by atoms with Crippen molar-refractivity contribution in [3.8, 4) is 0 Å². The molecule has 0 bridgehead atoms. The van der Waals surface area contributed by atoms with Gasteiger partial charge in [-0.15, -0.1) is 0 Å². The normalized spacial score (nSPS) is 16.5. The van der Waals surface area contributed by atoms with E-state index in [4.69, 9.17) is 23.7 Å². The van der Waals surface area contributed by atoms with E-state index in [9.17, 15) is 4.79 Å². The average Bonchev–Trinajstić information content (AvgIpc) is 3.65. The van der Waals surface area contributed by atoms with Gasteiger partial charge in [0.05, 0.1) is 43.5 Å². The predicted molar refractivity (Wildman–Crippen MR) is 207 cm³/mol. The summed E-state index contributed by atoms with van der Waals surface area (Å²) in [5, 5.41) is 0. The Morgan fingerprint density at radius 3 is 1.23 bits per heavy atom. The maximum Gasteiger partial charge on any atom is 0.334 e. The first kappa shape index (κ1) is 50.6. The van der Waals surface area contributed by atoms with E-state index in [2.05, 4.69) is 83.1 Å². The van der Waals surface area contributed by atoms with E-state index in [0.29, 0.717) is 27.9 Å². The first-order valence-electron chi connectivity index (χ1n) is 17.7. The van der Waals surface area contributed by atoms with E-state index in [0.717, 1.165) is 31.2 Å². The third-order valence-electron chi connectivity index (χ3n) is 6.42. The van der Waals surface area contributed by atoms with Gasteiger partial charge in [0.25, 0.3) is 0 Å². The topological polar surface area (TPSA) is 66.5 Å². The molecular formula is C42H82O6. The van der Waals surface area contributed by atoms with Gasteiger partial charge in [0.15, 0.2) is 0 Å². The number of hydrogen-bond acceptors (Lipinski definition) is 6. The maximum absolute atomic E-state index is 11.3. The fourth-order valence-electron chi connectivity index (χ4n) is 3.80. The molecule has 6 nitrogen and oxygen atoms in total. The Morgan fingerprint density at radius 1 is 0.688 bits per heavy atom. The van der Waals surface area contributed by atoms with E-state index in [1.807, 2.05) is 76.2 Å². The van der Waals surface area contributed by atoms with Crippen molar-refractivity contribution in [2.24, 2.45) is 16.2 Å². The van der Waals surface area contributed by atoms with Crippen LogP contribution in [-0.2, 0) is 28.5 Å². The van der Waals surface area contributed by atoms with Crippen LogP contribution in [0.3, 0.4) is 0 Å². The van der Waals surface area contributed by atoms with Crippen LogP contribution in [0.1, 0.15) is 173 Å². The summed E-state index contributed by atoms with van der Waals surface area (Å²) in [6.45, 7) is 52.3. The minimum absolute atomic E-state index is 0.0444. The Labute approximate surface area is 299 Å². The fraction of sp³-hybridized carbons (Fsp3) is 0.833. The molecule has 286 valence electrons. The van der Waals surface area contributed by atoms with E-state index >= 15 is 0 Å². The number of allylic oxidation sites excluding steroid dienone is 4. The lowest BCUT2D eigenvalue weighted by atomic mass is 9.74. The lowest BCUT2D eigenvalue weighted by molar-refractivity contribution is -0.149. The molecule has 6 heteroatoms. The van der Waals surface area contributed by atoms with Crippen molar-refractivity contribution in [3.05, 3.63) is 34.3 Å². The highest BCUT2D eigenvalue weighted by molar-refractivity contribution is 5.88. The summed E-state index contributed by atoms with van der Waals surface area (Å²) in [5.41, 5.74) is 4.98. The number of epoxide rings is 1. The van der Waals surface area contributed by atoms with Crippen LogP contribution in [0.25, 0.3) is 0 Å². The summed E-state index contributed by atoms with van der Waals surface area (Å²) in [4.78, 5) is 11.3. The summed E-state index contributed by atoms with van der Waals surface area (Å²) in [6.07, 6.45) is 3.62. The molecule has 0 aliphatic carbocycles. The Hall–Kier alpha value is -1.79. The van der Waals surface area contributed by atoms with E-state index < -0.39 is 5.60 Å². The summed E-state index contributed by atoms with van der Waals surface area (Å²) < 4.78 is 26.3. The second-order valence-electron chi connectivity index (χ2n) is 19.6. The van der Waals surface area contributed by atoms with Gasteiger partial charge >= 0.3 is 5.97 Å². The molecule has 2 saturated heterocycles. The molecule has 2 fully saturated rings. The quantitative estimate of drug-likeness (QED) is 0.127. The van der Waals surface area contributed by atoms with Gasteiger partial charge in [-0.1, -0.05) is 54.0 Å². The molecule has 0 aromatic heterocycles. The average molecular weight is 683 g/mol. The van der Waals surface area contributed by atoms with Crippen molar-refractivity contribution in [1.82, 2.24) is 0 Å². The minimum atomic E-state index is -0.395. The molecule has 0 amide bonds.